The van der Waals surface area contributed by atoms with Crippen LogP contribution in [-0.4, -0.2) is 4.98 Å². The minimum Gasteiger partial charge on any atom is -0.243 e. The van der Waals surface area contributed by atoms with Crippen LogP contribution in [0.15, 0.2) is 36.5 Å². The average molecular weight is 404 g/mol. The number of pyridine rings is 1. The van der Waals surface area contributed by atoms with Gasteiger partial charge in [-0.15, -0.1) is 0 Å². The van der Waals surface area contributed by atoms with Gasteiger partial charge in [-0.2, -0.15) is 0 Å². The first kappa shape index (κ1) is 20.7. The third-order valence-electron chi connectivity index (χ3n) is 6.06. The molecule has 1 aromatic heterocycles. The van der Waals surface area contributed by atoms with E-state index in [0.717, 1.165) is 18.3 Å². The molecule has 1 aliphatic rings. The smallest absolute Gasteiger partial charge is 0.147 e. The zero-order valence-electron chi connectivity index (χ0n) is 16.4. The fourth-order valence-corrected chi connectivity index (χ4v) is 4.58. The summed E-state index contributed by atoms with van der Waals surface area (Å²) >= 11 is 12.0. The molecule has 2 aromatic rings. The lowest BCUT2D eigenvalue weighted by Gasteiger charge is -2.29. The van der Waals surface area contributed by atoms with Crippen molar-refractivity contribution in [1.29, 1.82) is 0 Å². The second-order valence-corrected chi connectivity index (χ2v) is 8.84. The van der Waals surface area contributed by atoms with Crippen LogP contribution in [0.1, 0.15) is 80.9 Å². The normalized spacial score (nSPS) is 20.0. The van der Waals surface area contributed by atoms with Crippen molar-refractivity contribution in [2.24, 2.45) is 5.92 Å². The molecule has 1 aromatic carbocycles. The molecule has 0 saturated heterocycles. The molecule has 0 amide bonds. The summed E-state index contributed by atoms with van der Waals surface area (Å²) in [5, 5.41) is 0.966. The summed E-state index contributed by atoms with van der Waals surface area (Å²) in [6.45, 7) is 2.26. The molecule has 1 aliphatic carbocycles. The van der Waals surface area contributed by atoms with E-state index < -0.39 is 0 Å². The van der Waals surface area contributed by atoms with Crippen molar-refractivity contribution in [1.82, 2.24) is 4.98 Å². The molecule has 0 bridgehead atoms. The molecule has 27 heavy (non-hydrogen) atoms. The molecule has 1 nitrogen and oxygen atoms in total. The van der Waals surface area contributed by atoms with Crippen LogP contribution in [0.4, 0.5) is 0 Å². The predicted octanol–water partition coefficient (Wildman–Crippen LogP) is 8.03. The number of benzene rings is 1. The first-order valence-electron chi connectivity index (χ1n) is 10.5. The van der Waals surface area contributed by atoms with Crippen molar-refractivity contribution in [2.45, 2.75) is 77.0 Å². The Labute approximate surface area is 174 Å². The molecular formula is C24H31Cl2N. The Kier molecular flexibility index (Phi) is 8.03. The van der Waals surface area contributed by atoms with Gasteiger partial charge in [-0.05, 0) is 86.0 Å². The Morgan fingerprint density at radius 3 is 2.33 bits per heavy atom. The van der Waals surface area contributed by atoms with E-state index in [2.05, 4.69) is 36.2 Å². The zero-order valence-corrected chi connectivity index (χ0v) is 17.9. The fourth-order valence-electron chi connectivity index (χ4n) is 4.29. The highest BCUT2D eigenvalue weighted by molar-refractivity contribution is 6.41. The minimum absolute atomic E-state index is 0.400. The molecule has 1 heterocycles. The summed E-state index contributed by atoms with van der Waals surface area (Å²) in [5.74, 6) is 1.57. The van der Waals surface area contributed by atoms with Crippen LogP contribution in [0.25, 0.3) is 0 Å². The van der Waals surface area contributed by atoms with Crippen molar-refractivity contribution in [3.63, 3.8) is 0 Å². The lowest BCUT2D eigenvalue weighted by Crippen LogP contribution is -2.14. The van der Waals surface area contributed by atoms with Gasteiger partial charge in [-0.1, -0.05) is 67.2 Å². The van der Waals surface area contributed by atoms with E-state index in [1.165, 1.54) is 68.9 Å². The van der Waals surface area contributed by atoms with E-state index in [0.29, 0.717) is 10.2 Å². The van der Waals surface area contributed by atoms with Crippen LogP contribution >= 0.6 is 23.2 Å². The number of nitrogens with zero attached hydrogens (tertiary/aromatic N) is 1. The maximum Gasteiger partial charge on any atom is 0.147 e. The predicted molar refractivity (Wildman–Crippen MR) is 117 cm³/mol. The summed E-state index contributed by atoms with van der Waals surface area (Å²) in [4.78, 5) is 4.16. The summed E-state index contributed by atoms with van der Waals surface area (Å²) in [5.41, 5.74) is 4.24. The monoisotopic (exact) mass is 403 g/mol. The fraction of sp³-hybridized carbons (Fsp3) is 0.542. The van der Waals surface area contributed by atoms with Crippen molar-refractivity contribution in [2.75, 3.05) is 0 Å². The largest absolute Gasteiger partial charge is 0.243 e. The van der Waals surface area contributed by atoms with Crippen LogP contribution in [0.2, 0.25) is 10.2 Å². The number of hydrogen-bond acceptors (Lipinski definition) is 1. The van der Waals surface area contributed by atoms with Crippen LogP contribution in [0, 0.1) is 5.92 Å². The molecule has 3 rings (SSSR count). The Morgan fingerprint density at radius 1 is 0.926 bits per heavy atom. The van der Waals surface area contributed by atoms with Gasteiger partial charge in [-0.3, -0.25) is 0 Å². The number of rotatable bonds is 8. The topological polar surface area (TPSA) is 12.9 Å². The first-order valence-corrected chi connectivity index (χ1v) is 11.3. The van der Waals surface area contributed by atoms with Gasteiger partial charge >= 0.3 is 0 Å². The van der Waals surface area contributed by atoms with Gasteiger partial charge in [0.25, 0.3) is 0 Å². The van der Waals surface area contributed by atoms with Gasteiger partial charge in [0.15, 0.2) is 0 Å². The van der Waals surface area contributed by atoms with Crippen LogP contribution in [0.5, 0.6) is 0 Å². The summed E-state index contributed by atoms with van der Waals surface area (Å²) in [7, 11) is 0. The lowest BCUT2D eigenvalue weighted by molar-refractivity contribution is 0.310. The molecule has 0 aliphatic heterocycles. The Hall–Kier alpha value is -1.05. The van der Waals surface area contributed by atoms with Crippen LogP contribution in [0.3, 0.4) is 0 Å². The number of aromatic nitrogens is 1. The second-order valence-electron chi connectivity index (χ2n) is 8.07. The van der Waals surface area contributed by atoms with Crippen molar-refractivity contribution >= 4 is 23.2 Å². The molecule has 146 valence electrons. The minimum atomic E-state index is 0.400. The van der Waals surface area contributed by atoms with E-state index in [1.807, 2.05) is 12.3 Å². The Morgan fingerprint density at radius 2 is 1.67 bits per heavy atom. The van der Waals surface area contributed by atoms with E-state index in [4.69, 9.17) is 23.2 Å². The van der Waals surface area contributed by atoms with Gasteiger partial charge in [0, 0.05) is 6.20 Å². The number of aryl methyl sites for hydroxylation is 2. The van der Waals surface area contributed by atoms with Crippen molar-refractivity contribution in [3.8, 4) is 0 Å². The third kappa shape index (κ3) is 6.22. The van der Waals surface area contributed by atoms with Crippen LogP contribution < -0.4 is 0 Å². The van der Waals surface area contributed by atoms with E-state index in [1.54, 1.807) is 5.56 Å². The molecule has 1 saturated carbocycles. The summed E-state index contributed by atoms with van der Waals surface area (Å²) < 4.78 is 0. The number of unbranched alkanes of at least 4 members (excludes halogenated alkanes) is 2. The lowest BCUT2D eigenvalue weighted by atomic mass is 9.77. The molecule has 0 N–H and O–H groups in total. The third-order valence-corrected chi connectivity index (χ3v) is 6.75. The molecule has 1 fully saturated rings. The number of hydrogen-bond donors (Lipinski definition) is 0. The number of halogens is 2. The molecule has 3 heteroatoms. The highest BCUT2D eigenvalue weighted by Crippen LogP contribution is 2.37. The summed E-state index contributed by atoms with van der Waals surface area (Å²) in [6.07, 6.45) is 14.6. The SMILES string of the molecule is CCCCCc1ccc([C@H]2CC[C@H](CCc3cnc(Cl)c(Cl)c3)CC2)cc1. The van der Waals surface area contributed by atoms with E-state index >= 15 is 0 Å². The maximum atomic E-state index is 6.07. The Bertz CT molecular complexity index is 703. The molecule has 0 atom stereocenters. The summed E-state index contributed by atoms with van der Waals surface area (Å²) in [6, 6.07) is 11.4. The van der Waals surface area contributed by atoms with Crippen molar-refractivity contribution in [3.05, 3.63) is 63.4 Å². The highest BCUT2D eigenvalue weighted by Gasteiger charge is 2.22. The quantitative estimate of drug-likeness (QED) is 0.321. The van der Waals surface area contributed by atoms with Gasteiger partial charge in [-0.25, -0.2) is 4.98 Å². The highest BCUT2D eigenvalue weighted by atomic mass is 35.5. The van der Waals surface area contributed by atoms with Gasteiger partial charge in [0.1, 0.15) is 5.15 Å². The van der Waals surface area contributed by atoms with Gasteiger partial charge in [0.05, 0.1) is 5.02 Å². The van der Waals surface area contributed by atoms with E-state index in [9.17, 15) is 0 Å². The van der Waals surface area contributed by atoms with Crippen molar-refractivity contribution < 1.29 is 0 Å². The first-order chi connectivity index (χ1) is 13.2. The second kappa shape index (κ2) is 10.5. The van der Waals surface area contributed by atoms with E-state index in [-0.39, 0.29) is 0 Å². The Balaban J connectivity index is 1.43. The van der Waals surface area contributed by atoms with Crippen LogP contribution in [-0.2, 0) is 12.8 Å². The molecule has 0 unspecified atom stereocenters. The standard InChI is InChI=1S/C24H31Cl2N/c1-2-3-4-5-18-8-12-21(13-9-18)22-14-10-19(11-15-22)6-7-20-16-23(25)24(26)27-17-20/h8-9,12-13,16-17,19,22H,2-7,10-11,14-15H2,1H3/t19-,22-. The zero-order chi connectivity index (χ0) is 19.1. The van der Waals surface area contributed by atoms with Gasteiger partial charge in [0.2, 0.25) is 0 Å². The average Bonchev–Trinajstić information content (AvgIpc) is 2.70. The molecule has 0 spiro atoms. The molecular weight excluding hydrogens is 373 g/mol. The maximum absolute atomic E-state index is 6.07. The van der Waals surface area contributed by atoms with Gasteiger partial charge < -0.3 is 0 Å². The molecule has 0 radical (unpaired) electrons.